The van der Waals surface area contributed by atoms with Crippen LogP contribution < -0.4 is 0 Å². The molecule has 2 heteroatoms. The van der Waals surface area contributed by atoms with Gasteiger partial charge < -0.3 is 4.90 Å². The molecule has 1 aliphatic carbocycles. The largest absolute Gasteiger partial charge is 0.306 e. The minimum absolute atomic E-state index is 0.225. The van der Waals surface area contributed by atoms with Crippen molar-refractivity contribution in [1.82, 2.24) is 4.90 Å². The maximum absolute atomic E-state index is 13.8. The summed E-state index contributed by atoms with van der Waals surface area (Å²) in [7, 11) is 4.28. The number of ketones is 1. The highest BCUT2D eigenvalue weighted by Crippen LogP contribution is 2.42. The van der Waals surface area contributed by atoms with Crippen molar-refractivity contribution >= 4 is 11.4 Å². The molecule has 4 rings (SSSR count). The predicted molar refractivity (Wildman–Crippen MR) is 134 cm³/mol. The summed E-state index contributed by atoms with van der Waals surface area (Å²) >= 11 is 0. The summed E-state index contributed by atoms with van der Waals surface area (Å²) in [6.07, 6.45) is 5.57. The second kappa shape index (κ2) is 9.67. The second-order valence-corrected chi connectivity index (χ2v) is 9.03. The van der Waals surface area contributed by atoms with Gasteiger partial charge in [-0.25, -0.2) is 0 Å². The number of rotatable bonds is 9. The van der Waals surface area contributed by atoms with Gasteiger partial charge in [-0.1, -0.05) is 97.9 Å². The van der Waals surface area contributed by atoms with Gasteiger partial charge in [-0.3, -0.25) is 4.79 Å². The number of hydrogen-bond donors (Lipinski definition) is 0. The Bertz CT molecular complexity index is 1040. The van der Waals surface area contributed by atoms with E-state index < -0.39 is 5.41 Å². The molecule has 0 heterocycles. The van der Waals surface area contributed by atoms with Gasteiger partial charge in [-0.2, -0.15) is 0 Å². The fraction of sp³-hybridized carbons (Fsp3) is 0.300. The maximum Gasteiger partial charge on any atom is 0.147 e. The van der Waals surface area contributed by atoms with Crippen LogP contribution >= 0.6 is 0 Å². The van der Waals surface area contributed by atoms with E-state index in [0.717, 1.165) is 30.4 Å². The Kier molecular flexibility index (Phi) is 6.72. The number of hydrogen-bond acceptors (Lipinski definition) is 2. The lowest BCUT2D eigenvalue weighted by molar-refractivity contribution is -0.123. The molecule has 1 atom stereocenters. The molecule has 0 bridgehead atoms. The van der Waals surface area contributed by atoms with E-state index >= 15 is 0 Å². The first-order valence-electron chi connectivity index (χ1n) is 11.6. The first-order chi connectivity index (χ1) is 15.6. The van der Waals surface area contributed by atoms with Crippen molar-refractivity contribution in [2.24, 2.45) is 0 Å². The zero-order valence-corrected chi connectivity index (χ0v) is 19.4. The fourth-order valence-electron chi connectivity index (χ4n) is 5.18. The molecule has 0 unspecified atom stereocenters. The van der Waals surface area contributed by atoms with E-state index in [1.165, 1.54) is 16.7 Å². The minimum atomic E-state index is -0.662. The summed E-state index contributed by atoms with van der Waals surface area (Å²) in [5.41, 5.74) is 5.69. The molecule has 0 radical (unpaired) electrons. The average Bonchev–Trinajstić information content (AvgIpc) is 3.25. The predicted octanol–water partition coefficient (Wildman–Crippen LogP) is 6.30. The molecule has 2 nitrogen and oxygen atoms in total. The summed E-state index contributed by atoms with van der Waals surface area (Å²) in [5.74, 6) is 0.280. The van der Waals surface area contributed by atoms with Gasteiger partial charge >= 0.3 is 0 Å². The molecule has 164 valence electrons. The van der Waals surface area contributed by atoms with Gasteiger partial charge in [0.1, 0.15) is 5.78 Å². The third-order valence-electron chi connectivity index (χ3n) is 6.99. The molecule has 0 spiro atoms. The van der Waals surface area contributed by atoms with Crippen LogP contribution in [0.3, 0.4) is 0 Å². The van der Waals surface area contributed by atoms with Crippen LogP contribution in [0.4, 0.5) is 0 Å². The summed E-state index contributed by atoms with van der Waals surface area (Å²) in [5, 5.41) is 0. The molecule has 0 N–H and O–H groups in total. The van der Waals surface area contributed by atoms with E-state index in [-0.39, 0.29) is 11.8 Å². The van der Waals surface area contributed by atoms with Crippen molar-refractivity contribution in [3.05, 3.63) is 113 Å². The van der Waals surface area contributed by atoms with Crippen molar-refractivity contribution in [2.45, 2.75) is 44.1 Å². The Balaban J connectivity index is 1.78. The Hall–Kier alpha value is -2.97. The Morgan fingerprint density at radius 3 is 2.00 bits per heavy atom. The summed E-state index contributed by atoms with van der Waals surface area (Å²) in [4.78, 5) is 16.1. The van der Waals surface area contributed by atoms with E-state index in [0.29, 0.717) is 6.42 Å². The van der Waals surface area contributed by atoms with Crippen LogP contribution in [-0.4, -0.2) is 30.8 Å². The first-order valence-corrected chi connectivity index (χ1v) is 11.6. The van der Waals surface area contributed by atoms with Crippen LogP contribution in [0.2, 0.25) is 0 Å². The van der Waals surface area contributed by atoms with E-state index in [1.54, 1.807) is 0 Å². The van der Waals surface area contributed by atoms with Gasteiger partial charge in [0, 0.05) is 12.5 Å². The van der Waals surface area contributed by atoms with Crippen LogP contribution in [0.1, 0.15) is 48.4 Å². The van der Waals surface area contributed by atoms with E-state index in [1.807, 2.05) is 19.1 Å². The molecular weight excluding hydrogens is 390 g/mol. The SMILES string of the molecule is CCC(=O)C(C[C@H](CC1=CCc2ccccc21)N(C)C)(c1ccccc1)c1ccccc1. The lowest BCUT2D eigenvalue weighted by atomic mass is 9.66. The summed E-state index contributed by atoms with van der Waals surface area (Å²) in [6.45, 7) is 1.99. The Morgan fingerprint density at radius 2 is 1.44 bits per heavy atom. The van der Waals surface area contributed by atoms with E-state index in [2.05, 4.69) is 97.9 Å². The van der Waals surface area contributed by atoms with Crippen LogP contribution in [0.5, 0.6) is 0 Å². The second-order valence-electron chi connectivity index (χ2n) is 9.03. The summed E-state index contributed by atoms with van der Waals surface area (Å²) in [6, 6.07) is 29.7. The third-order valence-corrected chi connectivity index (χ3v) is 6.99. The van der Waals surface area contributed by atoms with Gasteiger partial charge in [0.2, 0.25) is 0 Å². The molecule has 0 aliphatic heterocycles. The lowest BCUT2D eigenvalue weighted by Crippen LogP contribution is -2.44. The highest BCUT2D eigenvalue weighted by molar-refractivity contribution is 5.93. The van der Waals surface area contributed by atoms with Crippen LogP contribution in [-0.2, 0) is 16.6 Å². The highest BCUT2D eigenvalue weighted by atomic mass is 16.1. The molecule has 3 aromatic rings. The van der Waals surface area contributed by atoms with Crippen LogP contribution in [0, 0.1) is 0 Å². The summed E-state index contributed by atoms with van der Waals surface area (Å²) < 4.78 is 0. The van der Waals surface area contributed by atoms with Crippen molar-refractivity contribution in [3.8, 4) is 0 Å². The first kappa shape index (κ1) is 22.2. The topological polar surface area (TPSA) is 20.3 Å². The quantitative estimate of drug-likeness (QED) is 0.402. The Labute approximate surface area is 192 Å². The smallest absolute Gasteiger partial charge is 0.147 e. The van der Waals surface area contributed by atoms with Crippen molar-refractivity contribution in [2.75, 3.05) is 14.1 Å². The van der Waals surface area contributed by atoms with Crippen molar-refractivity contribution in [3.63, 3.8) is 0 Å². The molecule has 32 heavy (non-hydrogen) atoms. The average molecular weight is 424 g/mol. The van der Waals surface area contributed by atoms with Crippen LogP contribution in [0.25, 0.3) is 5.57 Å². The number of nitrogens with zero attached hydrogens (tertiary/aromatic N) is 1. The molecule has 3 aromatic carbocycles. The fourth-order valence-corrected chi connectivity index (χ4v) is 5.18. The van der Waals surface area contributed by atoms with E-state index in [4.69, 9.17) is 0 Å². The van der Waals surface area contributed by atoms with Gasteiger partial charge in [-0.15, -0.1) is 0 Å². The number of carbonyl (C=O) groups excluding carboxylic acids is 1. The molecule has 1 aliphatic rings. The van der Waals surface area contributed by atoms with Gasteiger partial charge in [-0.05, 0) is 61.2 Å². The molecule has 0 saturated carbocycles. The standard InChI is InChI=1S/C30H33NO/c1-4-29(32)30(25-14-7-5-8-15-25,26-16-9-6-10-17-26)22-27(31(2)3)21-24-20-19-23-13-11-12-18-28(23)24/h5-18,20,27H,4,19,21-22H2,1-3H3/t27-/m0/s1. The number of fused-ring (bicyclic) bond motifs is 1. The number of benzene rings is 3. The molecular formula is C30H33NO. The zero-order chi connectivity index (χ0) is 22.6. The minimum Gasteiger partial charge on any atom is -0.306 e. The normalized spacial score (nSPS) is 14.2. The molecule has 0 aromatic heterocycles. The maximum atomic E-state index is 13.8. The molecule has 0 saturated heterocycles. The number of carbonyl (C=O) groups is 1. The molecule has 0 fully saturated rings. The van der Waals surface area contributed by atoms with Crippen LogP contribution in [0.15, 0.2) is 91.0 Å². The van der Waals surface area contributed by atoms with Gasteiger partial charge in [0.25, 0.3) is 0 Å². The lowest BCUT2D eigenvalue weighted by Gasteiger charge is -2.39. The number of Topliss-reactive ketones (excluding diaryl/α,β-unsaturated/α-hetero) is 1. The Morgan fingerprint density at radius 1 is 0.875 bits per heavy atom. The van der Waals surface area contributed by atoms with Crippen molar-refractivity contribution < 1.29 is 4.79 Å². The molecule has 0 amide bonds. The third kappa shape index (κ3) is 4.20. The van der Waals surface area contributed by atoms with E-state index in [9.17, 15) is 4.79 Å². The van der Waals surface area contributed by atoms with Gasteiger partial charge in [0.05, 0.1) is 5.41 Å². The van der Waals surface area contributed by atoms with Crippen molar-refractivity contribution in [1.29, 1.82) is 0 Å². The number of allylic oxidation sites excluding steroid dienone is 1. The highest BCUT2D eigenvalue weighted by Gasteiger charge is 2.43. The van der Waals surface area contributed by atoms with Gasteiger partial charge in [0.15, 0.2) is 0 Å². The monoisotopic (exact) mass is 423 g/mol. The zero-order valence-electron chi connectivity index (χ0n) is 19.4.